The summed E-state index contributed by atoms with van der Waals surface area (Å²) in [5.41, 5.74) is 3.55. The van der Waals surface area contributed by atoms with Gasteiger partial charge in [-0.15, -0.1) is 0 Å². The number of halogens is 2. The maximum atomic E-state index is 13.3. The number of hydrogen-bond acceptors (Lipinski definition) is 2. The first-order chi connectivity index (χ1) is 13.5. The topological polar surface area (TPSA) is 34.9 Å². The van der Waals surface area contributed by atoms with Gasteiger partial charge in [0.2, 0.25) is 0 Å². The Morgan fingerprint density at radius 2 is 1.75 bits per heavy atom. The fourth-order valence-electron chi connectivity index (χ4n) is 3.06. The Balaban J connectivity index is 1.97. The molecule has 5 heteroatoms. The number of aryl methyl sites for hydroxylation is 1. The van der Waals surface area contributed by atoms with E-state index >= 15 is 0 Å². The summed E-state index contributed by atoms with van der Waals surface area (Å²) < 4.78 is 2.62. The summed E-state index contributed by atoms with van der Waals surface area (Å²) in [5, 5.41) is 1.21. The van der Waals surface area contributed by atoms with Crippen molar-refractivity contribution in [2.45, 2.75) is 6.92 Å². The SMILES string of the molecule is Cc1ccccc1C=Cc1nc2ccc(I)cc2c(=O)n1-c1ccc(Cl)cc1. The van der Waals surface area contributed by atoms with Crippen molar-refractivity contribution in [3.8, 4) is 5.69 Å². The highest BCUT2D eigenvalue weighted by Gasteiger charge is 2.12. The van der Waals surface area contributed by atoms with Gasteiger partial charge in [0.05, 0.1) is 16.6 Å². The maximum Gasteiger partial charge on any atom is 0.266 e. The normalized spacial score (nSPS) is 11.4. The summed E-state index contributed by atoms with van der Waals surface area (Å²) in [7, 11) is 0. The van der Waals surface area contributed by atoms with Crippen molar-refractivity contribution in [3.05, 3.63) is 103 Å². The molecular weight excluding hydrogens is 483 g/mol. The van der Waals surface area contributed by atoms with Crippen LogP contribution in [0.4, 0.5) is 0 Å². The molecule has 28 heavy (non-hydrogen) atoms. The molecule has 4 rings (SSSR count). The number of fused-ring (bicyclic) bond motifs is 1. The first-order valence-corrected chi connectivity index (χ1v) is 10.2. The number of aromatic nitrogens is 2. The van der Waals surface area contributed by atoms with Gasteiger partial charge in [0.25, 0.3) is 5.56 Å². The molecule has 0 aliphatic heterocycles. The lowest BCUT2D eigenvalue weighted by Gasteiger charge is -2.12. The molecule has 0 aliphatic rings. The van der Waals surface area contributed by atoms with Crippen molar-refractivity contribution < 1.29 is 0 Å². The van der Waals surface area contributed by atoms with Gasteiger partial charge in [0.15, 0.2) is 0 Å². The summed E-state index contributed by atoms with van der Waals surface area (Å²) in [6.07, 6.45) is 3.87. The molecule has 0 saturated carbocycles. The Kier molecular flexibility index (Phi) is 5.33. The largest absolute Gasteiger partial charge is 0.268 e. The molecule has 0 unspecified atom stereocenters. The molecule has 0 fully saturated rings. The van der Waals surface area contributed by atoms with Crippen molar-refractivity contribution in [2.75, 3.05) is 0 Å². The zero-order valence-electron chi connectivity index (χ0n) is 15.1. The summed E-state index contributed by atoms with van der Waals surface area (Å²) in [6, 6.07) is 21.0. The number of hydrogen-bond donors (Lipinski definition) is 0. The van der Waals surface area contributed by atoms with Gasteiger partial charge < -0.3 is 0 Å². The molecular formula is C23H16ClIN2O. The van der Waals surface area contributed by atoms with Crippen LogP contribution in [0.1, 0.15) is 17.0 Å². The minimum atomic E-state index is -0.102. The predicted molar refractivity (Wildman–Crippen MR) is 125 cm³/mol. The Morgan fingerprint density at radius 3 is 2.50 bits per heavy atom. The Hall–Kier alpha value is -2.44. The second kappa shape index (κ2) is 7.89. The molecule has 1 aromatic heterocycles. The lowest BCUT2D eigenvalue weighted by atomic mass is 10.1. The highest BCUT2D eigenvalue weighted by atomic mass is 127. The average Bonchev–Trinajstić information content (AvgIpc) is 2.69. The average molecular weight is 499 g/mol. The zero-order chi connectivity index (χ0) is 19.7. The molecule has 0 atom stereocenters. The van der Waals surface area contributed by atoms with E-state index in [0.717, 1.165) is 20.4 Å². The van der Waals surface area contributed by atoms with Crippen LogP contribution in [0.2, 0.25) is 5.02 Å². The molecule has 138 valence electrons. The van der Waals surface area contributed by atoms with Crippen LogP contribution < -0.4 is 5.56 Å². The van der Waals surface area contributed by atoms with Crippen LogP contribution in [0.15, 0.2) is 71.5 Å². The molecule has 0 saturated heterocycles. The van der Waals surface area contributed by atoms with Crippen LogP contribution >= 0.6 is 34.2 Å². The van der Waals surface area contributed by atoms with E-state index in [4.69, 9.17) is 16.6 Å². The molecule has 3 nitrogen and oxygen atoms in total. The van der Waals surface area contributed by atoms with Gasteiger partial charge in [-0.05, 0) is 89.2 Å². The van der Waals surface area contributed by atoms with Crippen molar-refractivity contribution in [1.82, 2.24) is 9.55 Å². The smallest absolute Gasteiger partial charge is 0.266 e. The number of rotatable bonds is 3. The van der Waals surface area contributed by atoms with Crippen LogP contribution in [-0.2, 0) is 0 Å². The van der Waals surface area contributed by atoms with Gasteiger partial charge >= 0.3 is 0 Å². The molecule has 1 heterocycles. The molecule has 0 radical (unpaired) electrons. The van der Waals surface area contributed by atoms with E-state index in [0.29, 0.717) is 21.7 Å². The molecule has 0 bridgehead atoms. The van der Waals surface area contributed by atoms with Crippen LogP contribution in [0.3, 0.4) is 0 Å². The van der Waals surface area contributed by atoms with Gasteiger partial charge in [0.1, 0.15) is 5.82 Å². The van der Waals surface area contributed by atoms with E-state index < -0.39 is 0 Å². The van der Waals surface area contributed by atoms with Crippen molar-refractivity contribution in [2.24, 2.45) is 0 Å². The van der Waals surface area contributed by atoms with Gasteiger partial charge in [-0.2, -0.15) is 0 Å². The standard InChI is InChI=1S/C23H16ClIN2O/c1-15-4-2-3-5-16(15)6-13-22-26-21-12-9-18(25)14-20(21)23(28)27(22)19-10-7-17(24)8-11-19/h2-14H,1H3. The van der Waals surface area contributed by atoms with Gasteiger partial charge in [-0.3, -0.25) is 9.36 Å². The first-order valence-electron chi connectivity index (χ1n) is 8.75. The van der Waals surface area contributed by atoms with Crippen LogP contribution in [0.25, 0.3) is 28.7 Å². The third kappa shape index (κ3) is 3.75. The highest BCUT2D eigenvalue weighted by Crippen LogP contribution is 2.19. The minimum Gasteiger partial charge on any atom is -0.268 e. The summed E-state index contributed by atoms with van der Waals surface area (Å²) >= 11 is 8.24. The molecule has 3 aromatic carbocycles. The lowest BCUT2D eigenvalue weighted by Crippen LogP contribution is -2.22. The van der Waals surface area contributed by atoms with Gasteiger partial charge in [-0.1, -0.05) is 41.9 Å². The summed E-state index contributed by atoms with van der Waals surface area (Å²) in [6.45, 7) is 2.06. The molecule has 0 amide bonds. The number of benzene rings is 3. The fourth-order valence-corrected chi connectivity index (χ4v) is 3.68. The monoisotopic (exact) mass is 498 g/mol. The van der Waals surface area contributed by atoms with Gasteiger partial charge in [0, 0.05) is 8.59 Å². The van der Waals surface area contributed by atoms with Crippen LogP contribution in [0, 0.1) is 10.5 Å². The summed E-state index contributed by atoms with van der Waals surface area (Å²) in [5.74, 6) is 0.573. The van der Waals surface area contributed by atoms with E-state index in [-0.39, 0.29) is 5.56 Å². The van der Waals surface area contributed by atoms with E-state index in [1.807, 2.05) is 60.7 Å². The summed E-state index contributed by atoms with van der Waals surface area (Å²) in [4.78, 5) is 18.1. The van der Waals surface area contributed by atoms with Crippen molar-refractivity contribution in [3.63, 3.8) is 0 Å². The third-order valence-electron chi connectivity index (χ3n) is 4.54. The predicted octanol–water partition coefficient (Wildman–Crippen LogP) is 6.12. The maximum absolute atomic E-state index is 13.3. The minimum absolute atomic E-state index is 0.102. The van der Waals surface area contributed by atoms with E-state index in [1.54, 1.807) is 16.7 Å². The molecule has 0 spiro atoms. The van der Waals surface area contributed by atoms with E-state index in [1.165, 1.54) is 0 Å². The van der Waals surface area contributed by atoms with Gasteiger partial charge in [-0.25, -0.2) is 4.98 Å². The second-order valence-corrected chi connectivity index (χ2v) is 8.12. The van der Waals surface area contributed by atoms with Crippen molar-refractivity contribution >= 4 is 57.2 Å². The highest BCUT2D eigenvalue weighted by molar-refractivity contribution is 14.1. The fraction of sp³-hybridized carbons (Fsp3) is 0.0435. The quantitative estimate of drug-likeness (QED) is 0.319. The molecule has 0 N–H and O–H groups in total. The molecule has 0 aliphatic carbocycles. The van der Waals surface area contributed by atoms with Crippen molar-refractivity contribution in [1.29, 1.82) is 0 Å². The lowest BCUT2D eigenvalue weighted by molar-refractivity contribution is 0.944. The molecule has 4 aromatic rings. The zero-order valence-corrected chi connectivity index (χ0v) is 18.0. The Morgan fingerprint density at radius 1 is 1.00 bits per heavy atom. The van der Waals surface area contributed by atoms with Crippen LogP contribution in [0.5, 0.6) is 0 Å². The Bertz CT molecular complexity index is 1260. The second-order valence-electron chi connectivity index (χ2n) is 6.44. The van der Waals surface area contributed by atoms with E-state index in [9.17, 15) is 4.79 Å². The number of nitrogens with zero attached hydrogens (tertiary/aromatic N) is 2. The Labute approximate surface area is 181 Å². The van der Waals surface area contributed by atoms with E-state index in [2.05, 4.69) is 35.6 Å². The van der Waals surface area contributed by atoms with Crippen LogP contribution in [-0.4, -0.2) is 9.55 Å². The third-order valence-corrected chi connectivity index (χ3v) is 5.46. The first kappa shape index (κ1) is 18.9.